The van der Waals surface area contributed by atoms with Gasteiger partial charge >= 0.3 is 0 Å². The van der Waals surface area contributed by atoms with Gasteiger partial charge in [0.2, 0.25) is 10.8 Å². The predicted octanol–water partition coefficient (Wildman–Crippen LogP) is 1.80. The molecule has 0 aliphatic carbocycles. The fourth-order valence-corrected chi connectivity index (χ4v) is 3.69. The molecule has 0 saturated carbocycles. The molecule has 0 aromatic carbocycles. The second-order valence-corrected chi connectivity index (χ2v) is 5.92. The molecule has 3 heterocycles. The maximum absolute atomic E-state index is 10.5. The Balaban J connectivity index is 2.10. The molecule has 0 saturated heterocycles. The summed E-state index contributed by atoms with van der Waals surface area (Å²) in [4.78, 5) is 7.69. The topological polar surface area (TPSA) is 87.0 Å². The molecule has 1 unspecified atom stereocenters. The summed E-state index contributed by atoms with van der Waals surface area (Å²) in [5.74, 6) is 1.40. The number of furan rings is 1. The number of fused-ring (bicyclic) bond motifs is 1. The van der Waals surface area contributed by atoms with Gasteiger partial charge in [-0.1, -0.05) is 18.3 Å². The average molecular weight is 322 g/mol. The van der Waals surface area contributed by atoms with E-state index in [1.54, 1.807) is 13.2 Å². The van der Waals surface area contributed by atoms with Crippen LogP contribution in [0.2, 0.25) is 0 Å². The maximum atomic E-state index is 10.5. The first-order valence-corrected chi connectivity index (χ1v) is 7.90. The predicted molar refractivity (Wildman–Crippen MR) is 82.1 cm³/mol. The van der Waals surface area contributed by atoms with E-state index in [1.165, 1.54) is 15.9 Å². The van der Waals surface area contributed by atoms with Crippen molar-refractivity contribution in [2.75, 3.05) is 19.7 Å². The van der Waals surface area contributed by atoms with Gasteiger partial charge in [-0.3, -0.25) is 4.90 Å². The summed E-state index contributed by atoms with van der Waals surface area (Å²) in [6.07, 6.45) is 1.60. The Bertz CT molecular complexity index is 750. The normalized spacial score (nSPS) is 13.3. The Morgan fingerprint density at radius 2 is 2.32 bits per heavy atom. The molecule has 0 radical (unpaired) electrons. The number of likely N-dealkylation sites (N-methyl/N-ethyl adjacent to an activating group) is 1. The molecule has 0 bridgehead atoms. The molecule has 7 nitrogen and oxygen atoms in total. The van der Waals surface area contributed by atoms with Crippen LogP contribution in [0, 0.1) is 6.92 Å². The van der Waals surface area contributed by atoms with Crippen LogP contribution in [0.1, 0.15) is 29.4 Å². The molecule has 118 valence electrons. The summed E-state index contributed by atoms with van der Waals surface area (Å²) in [5.41, 5.74) is 0. The Morgan fingerprint density at radius 1 is 1.50 bits per heavy atom. The third-order valence-corrected chi connectivity index (χ3v) is 4.60. The Hall–Kier alpha value is -1.90. The highest BCUT2D eigenvalue weighted by molar-refractivity contribution is 7.17. The Labute approximate surface area is 131 Å². The van der Waals surface area contributed by atoms with Crippen molar-refractivity contribution in [1.29, 1.82) is 0 Å². The average Bonchev–Trinajstić information content (AvgIpc) is 3.19. The van der Waals surface area contributed by atoms with Gasteiger partial charge in [0.25, 0.3) is 0 Å². The summed E-state index contributed by atoms with van der Waals surface area (Å²) in [5, 5.41) is 24.0. The van der Waals surface area contributed by atoms with Crippen LogP contribution in [0.3, 0.4) is 0 Å². The molecule has 0 aliphatic heterocycles. The number of aliphatic hydroxyl groups is 1. The summed E-state index contributed by atoms with van der Waals surface area (Å²) >= 11 is 1.38. The van der Waals surface area contributed by atoms with E-state index >= 15 is 0 Å². The van der Waals surface area contributed by atoms with E-state index < -0.39 is 0 Å². The third kappa shape index (κ3) is 2.49. The number of aliphatic hydroxyl groups excluding tert-OH is 1. The number of aromatic hydroxyl groups is 1. The molecular formula is C14H18N4O3S. The van der Waals surface area contributed by atoms with Gasteiger partial charge in [0.05, 0.1) is 17.7 Å². The van der Waals surface area contributed by atoms with Crippen LogP contribution in [0.15, 0.2) is 22.8 Å². The fourth-order valence-electron chi connectivity index (χ4n) is 2.55. The lowest BCUT2D eigenvalue weighted by molar-refractivity contribution is 0.162. The van der Waals surface area contributed by atoms with Crippen molar-refractivity contribution < 1.29 is 14.6 Å². The molecule has 3 aromatic heterocycles. The quantitative estimate of drug-likeness (QED) is 0.719. The molecule has 0 aliphatic rings. The lowest BCUT2D eigenvalue weighted by atomic mass is 10.1. The van der Waals surface area contributed by atoms with E-state index in [0.29, 0.717) is 34.5 Å². The van der Waals surface area contributed by atoms with Gasteiger partial charge in [-0.15, -0.1) is 5.10 Å². The monoisotopic (exact) mass is 322 g/mol. The Morgan fingerprint density at radius 3 is 2.91 bits per heavy atom. The van der Waals surface area contributed by atoms with Gasteiger partial charge in [-0.05, 0) is 25.6 Å². The van der Waals surface area contributed by atoms with Crippen molar-refractivity contribution >= 4 is 16.3 Å². The fraction of sp³-hybridized carbons (Fsp3) is 0.429. The van der Waals surface area contributed by atoms with Gasteiger partial charge in [0, 0.05) is 6.54 Å². The van der Waals surface area contributed by atoms with Crippen molar-refractivity contribution in [3.63, 3.8) is 0 Å². The molecule has 3 aromatic rings. The number of hydrogen-bond acceptors (Lipinski definition) is 7. The summed E-state index contributed by atoms with van der Waals surface area (Å²) < 4.78 is 7.00. The molecule has 3 rings (SSSR count). The van der Waals surface area contributed by atoms with Gasteiger partial charge < -0.3 is 14.6 Å². The van der Waals surface area contributed by atoms with Crippen LogP contribution in [-0.4, -0.2) is 49.4 Å². The van der Waals surface area contributed by atoms with Gasteiger partial charge in [0.15, 0.2) is 0 Å². The molecular weight excluding hydrogens is 304 g/mol. The van der Waals surface area contributed by atoms with Crippen molar-refractivity contribution in [2.24, 2.45) is 0 Å². The minimum absolute atomic E-state index is 0.0334. The van der Waals surface area contributed by atoms with E-state index in [9.17, 15) is 10.2 Å². The number of hydrogen-bond donors (Lipinski definition) is 2. The van der Waals surface area contributed by atoms with Crippen molar-refractivity contribution in [1.82, 2.24) is 19.5 Å². The second-order valence-electron chi connectivity index (χ2n) is 4.91. The number of aromatic nitrogens is 3. The standard InChI is InChI=1S/C14H18N4O3S/c1-3-17(6-7-19)11(10-5-4-8-21-10)12-13(20)18-14(22-12)15-9(2)16-18/h4-5,8,11,19-20H,3,6-7H2,1-2H3. The van der Waals surface area contributed by atoms with E-state index in [0.717, 1.165) is 0 Å². The second kappa shape index (κ2) is 6.07. The minimum atomic E-state index is -0.277. The number of thiazole rings is 1. The van der Waals surface area contributed by atoms with Gasteiger partial charge in [0.1, 0.15) is 17.6 Å². The minimum Gasteiger partial charge on any atom is -0.492 e. The van der Waals surface area contributed by atoms with E-state index in [1.807, 2.05) is 24.0 Å². The van der Waals surface area contributed by atoms with Crippen molar-refractivity contribution in [3.8, 4) is 5.88 Å². The first kappa shape index (κ1) is 15.0. The molecule has 22 heavy (non-hydrogen) atoms. The lowest BCUT2D eigenvalue weighted by Gasteiger charge is -2.27. The summed E-state index contributed by atoms with van der Waals surface area (Å²) in [7, 11) is 0. The van der Waals surface area contributed by atoms with Crippen LogP contribution in [0.25, 0.3) is 4.96 Å². The smallest absolute Gasteiger partial charge is 0.230 e. The SMILES string of the molecule is CCN(CCO)C(c1ccco1)c1sc2nc(C)nn2c1O. The highest BCUT2D eigenvalue weighted by Crippen LogP contribution is 2.39. The molecule has 8 heteroatoms. The van der Waals surface area contributed by atoms with Gasteiger partial charge in [-0.25, -0.2) is 4.98 Å². The van der Waals surface area contributed by atoms with E-state index in [-0.39, 0.29) is 18.5 Å². The lowest BCUT2D eigenvalue weighted by Crippen LogP contribution is -2.31. The summed E-state index contributed by atoms with van der Waals surface area (Å²) in [6.45, 7) is 5.01. The van der Waals surface area contributed by atoms with Crippen molar-refractivity contribution in [2.45, 2.75) is 19.9 Å². The zero-order valence-electron chi connectivity index (χ0n) is 12.4. The highest BCUT2D eigenvalue weighted by Gasteiger charge is 2.30. The zero-order valence-corrected chi connectivity index (χ0v) is 13.2. The van der Waals surface area contributed by atoms with E-state index in [2.05, 4.69) is 10.1 Å². The molecule has 0 spiro atoms. The molecule has 1 atom stereocenters. The van der Waals surface area contributed by atoms with Crippen LogP contribution < -0.4 is 0 Å². The number of aryl methyl sites for hydroxylation is 1. The number of nitrogens with zero attached hydrogens (tertiary/aromatic N) is 4. The zero-order chi connectivity index (χ0) is 15.7. The van der Waals surface area contributed by atoms with Crippen LogP contribution in [-0.2, 0) is 0 Å². The Kier molecular flexibility index (Phi) is 4.14. The van der Waals surface area contributed by atoms with E-state index in [4.69, 9.17) is 4.42 Å². The number of rotatable bonds is 6. The first-order valence-electron chi connectivity index (χ1n) is 7.09. The van der Waals surface area contributed by atoms with Crippen LogP contribution in [0.5, 0.6) is 5.88 Å². The van der Waals surface area contributed by atoms with Crippen LogP contribution in [0.4, 0.5) is 0 Å². The molecule has 0 amide bonds. The third-order valence-electron chi connectivity index (χ3n) is 3.53. The van der Waals surface area contributed by atoms with Crippen molar-refractivity contribution in [3.05, 3.63) is 34.9 Å². The molecule has 2 N–H and O–H groups in total. The molecule has 0 fully saturated rings. The van der Waals surface area contributed by atoms with Gasteiger partial charge in [-0.2, -0.15) is 4.52 Å². The highest BCUT2D eigenvalue weighted by atomic mass is 32.1. The largest absolute Gasteiger partial charge is 0.492 e. The first-order chi connectivity index (χ1) is 10.7. The maximum Gasteiger partial charge on any atom is 0.230 e. The van der Waals surface area contributed by atoms with Crippen LogP contribution >= 0.6 is 11.3 Å². The summed E-state index contributed by atoms with van der Waals surface area (Å²) in [6, 6.07) is 3.40.